The number of rotatable bonds is 4. The molecular weight excluding hydrogens is 518 g/mol. The zero-order chi connectivity index (χ0) is 28.6. The molecule has 0 saturated carbocycles. The van der Waals surface area contributed by atoms with Crippen molar-refractivity contribution in [2.45, 2.75) is 50.2 Å². The molecule has 0 spiro atoms. The Morgan fingerprint density at radius 2 is 1.57 bits per heavy atom. The van der Waals surface area contributed by atoms with Crippen molar-refractivity contribution in [2.24, 2.45) is 0 Å². The van der Waals surface area contributed by atoms with E-state index in [4.69, 9.17) is 19.8 Å². The number of carboxylic acid groups (broad SMARTS) is 2. The molecule has 1 aromatic rings. The Labute approximate surface area is 207 Å². The van der Waals surface area contributed by atoms with Crippen molar-refractivity contribution in [1.82, 2.24) is 19.7 Å². The van der Waals surface area contributed by atoms with E-state index in [1.165, 1.54) is 5.56 Å². The third kappa shape index (κ3) is 10.2. The van der Waals surface area contributed by atoms with Crippen molar-refractivity contribution in [3.8, 4) is 0 Å². The smallest absolute Gasteiger partial charge is 0.475 e. The number of likely N-dealkylation sites (tertiary alicyclic amines) is 2. The summed E-state index contributed by atoms with van der Waals surface area (Å²) in [4.78, 5) is 52.1. The molecule has 1 aromatic heterocycles. The van der Waals surface area contributed by atoms with Gasteiger partial charge in [-0.1, -0.05) is 6.07 Å². The Bertz CT molecular complexity index is 918. The average Bonchev–Trinajstić information content (AvgIpc) is 3.18. The highest BCUT2D eigenvalue weighted by atomic mass is 19.4. The van der Waals surface area contributed by atoms with Crippen LogP contribution in [0.25, 0.3) is 0 Å². The van der Waals surface area contributed by atoms with Gasteiger partial charge in [-0.05, 0) is 24.5 Å². The second-order valence-electron chi connectivity index (χ2n) is 8.21. The average molecular weight is 544 g/mol. The summed E-state index contributed by atoms with van der Waals surface area (Å²) in [6.07, 6.45) is -4.13. The minimum atomic E-state index is -5.08. The van der Waals surface area contributed by atoms with Crippen molar-refractivity contribution < 1.29 is 55.7 Å². The van der Waals surface area contributed by atoms with E-state index in [1.54, 1.807) is 30.1 Å². The van der Waals surface area contributed by atoms with Gasteiger partial charge in [0.05, 0.1) is 0 Å². The normalized spacial score (nSPS) is 19.6. The highest BCUT2D eigenvalue weighted by molar-refractivity contribution is 5.85. The number of hydrogen-bond acceptors (Lipinski definition) is 6. The maximum Gasteiger partial charge on any atom is 0.490 e. The molecule has 0 unspecified atom stereocenters. The molecule has 10 nitrogen and oxygen atoms in total. The predicted octanol–water partition coefficient (Wildman–Crippen LogP) is 2.00. The Morgan fingerprint density at radius 1 is 1.03 bits per heavy atom. The molecule has 0 radical (unpaired) electrons. The molecule has 2 aliphatic rings. The van der Waals surface area contributed by atoms with Gasteiger partial charge < -0.3 is 20.0 Å². The Kier molecular flexibility index (Phi) is 11.3. The molecule has 0 bridgehead atoms. The molecule has 2 atom stereocenters. The first-order valence-electron chi connectivity index (χ1n) is 10.7. The summed E-state index contributed by atoms with van der Waals surface area (Å²) in [6.45, 7) is 2.02. The lowest BCUT2D eigenvalue weighted by atomic mass is 9.96. The van der Waals surface area contributed by atoms with Crippen molar-refractivity contribution >= 4 is 23.8 Å². The zero-order valence-electron chi connectivity index (χ0n) is 19.8. The largest absolute Gasteiger partial charge is 0.490 e. The van der Waals surface area contributed by atoms with E-state index in [1.807, 2.05) is 12.3 Å². The molecule has 2 N–H and O–H groups in total. The molecule has 2 fully saturated rings. The number of carboxylic acids is 2. The molecule has 3 heterocycles. The number of hydrogen-bond donors (Lipinski definition) is 2. The molecule has 3 rings (SSSR count). The summed E-state index contributed by atoms with van der Waals surface area (Å²) in [5.74, 6) is -5.41. The van der Waals surface area contributed by atoms with Crippen molar-refractivity contribution in [3.05, 3.63) is 30.1 Å². The summed E-state index contributed by atoms with van der Waals surface area (Å²) in [5.41, 5.74) is 1.20. The molecule has 208 valence electrons. The minimum absolute atomic E-state index is 0.00953. The van der Waals surface area contributed by atoms with Gasteiger partial charge in [0.15, 0.2) is 0 Å². The maximum atomic E-state index is 12.3. The van der Waals surface area contributed by atoms with E-state index in [0.717, 1.165) is 25.9 Å². The monoisotopic (exact) mass is 544 g/mol. The van der Waals surface area contributed by atoms with Crippen LogP contribution in [0.4, 0.5) is 26.3 Å². The van der Waals surface area contributed by atoms with Gasteiger partial charge in [-0.2, -0.15) is 26.3 Å². The lowest BCUT2D eigenvalue weighted by Crippen LogP contribution is -2.54. The summed E-state index contributed by atoms with van der Waals surface area (Å²) in [7, 11) is 3.47. The number of alkyl halides is 6. The van der Waals surface area contributed by atoms with E-state index < -0.39 is 24.3 Å². The van der Waals surface area contributed by atoms with Crippen LogP contribution in [0.1, 0.15) is 24.8 Å². The first-order valence-corrected chi connectivity index (χ1v) is 10.7. The molecule has 2 amide bonds. The van der Waals surface area contributed by atoms with E-state index in [9.17, 15) is 35.9 Å². The standard InChI is InChI=1S/C17H24N4O2.2C2HF3O2/c1-19(2)17(23)12-21-15-7-9-20(14(15)5-6-16(21)22)11-13-4-3-8-18-10-13;2*3-2(4,5)1(6)7/h3-4,8,10,14-15H,5-7,9,11-12H2,1-2H3;2*(H,6,7)/t14-,15-;;/m1../s1. The van der Waals surface area contributed by atoms with Crippen LogP contribution in [-0.4, -0.2) is 105 Å². The van der Waals surface area contributed by atoms with Crippen LogP contribution in [0.15, 0.2) is 24.5 Å². The molecular formula is C21H26F6N4O6. The van der Waals surface area contributed by atoms with Gasteiger partial charge in [0, 0.05) is 58.1 Å². The highest BCUT2D eigenvalue weighted by Crippen LogP contribution is 2.32. The number of amides is 2. The fourth-order valence-corrected chi connectivity index (χ4v) is 3.65. The van der Waals surface area contributed by atoms with Crippen molar-refractivity contribution in [1.29, 1.82) is 0 Å². The number of nitrogens with zero attached hydrogens (tertiary/aromatic N) is 4. The van der Waals surface area contributed by atoms with Crippen LogP contribution in [-0.2, 0) is 25.7 Å². The van der Waals surface area contributed by atoms with Gasteiger partial charge in [0.1, 0.15) is 6.54 Å². The SMILES string of the molecule is CN(C)C(=O)CN1C(=O)CC[C@@H]2[C@H]1CCN2Cc1cccnc1.O=C(O)C(F)(F)F.O=C(O)C(F)(F)F. The molecule has 37 heavy (non-hydrogen) atoms. The number of halogens is 6. The van der Waals surface area contributed by atoms with E-state index in [0.29, 0.717) is 12.5 Å². The fraction of sp³-hybridized carbons (Fsp3) is 0.571. The molecule has 2 saturated heterocycles. The van der Waals surface area contributed by atoms with Crippen LogP contribution in [0, 0.1) is 0 Å². The van der Waals surface area contributed by atoms with Crippen LogP contribution in [0.3, 0.4) is 0 Å². The second kappa shape index (κ2) is 13.2. The van der Waals surface area contributed by atoms with E-state index in [2.05, 4.69) is 16.0 Å². The van der Waals surface area contributed by atoms with Crippen LogP contribution < -0.4 is 0 Å². The number of likely N-dealkylation sites (N-methyl/N-ethyl adjacent to an activating group) is 1. The molecule has 0 aromatic carbocycles. The summed E-state index contributed by atoms with van der Waals surface area (Å²) in [5, 5.41) is 14.2. The van der Waals surface area contributed by atoms with Gasteiger partial charge in [-0.3, -0.25) is 19.5 Å². The fourth-order valence-electron chi connectivity index (χ4n) is 3.65. The van der Waals surface area contributed by atoms with E-state index >= 15 is 0 Å². The predicted molar refractivity (Wildman–Crippen MR) is 114 cm³/mol. The number of carbonyl (C=O) groups excluding carboxylic acids is 2. The van der Waals surface area contributed by atoms with Crippen LogP contribution in [0.5, 0.6) is 0 Å². The number of carbonyl (C=O) groups is 4. The second-order valence-corrected chi connectivity index (χ2v) is 8.21. The topological polar surface area (TPSA) is 131 Å². The Hall–Kier alpha value is -3.43. The number of piperidine rings is 1. The van der Waals surface area contributed by atoms with Crippen molar-refractivity contribution in [3.63, 3.8) is 0 Å². The minimum Gasteiger partial charge on any atom is -0.475 e. The van der Waals surface area contributed by atoms with Crippen molar-refractivity contribution in [2.75, 3.05) is 27.2 Å². The molecule has 0 aliphatic carbocycles. The van der Waals surface area contributed by atoms with Gasteiger partial charge in [-0.15, -0.1) is 0 Å². The third-order valence-corrected chi connectivity index (χ3v) is 5.40. The number of pyridine rings is 1. The Morgan fingerprint density at radius 3 is 2.00 bits per heavy atom. The van der Waals surface area contributed by atoms with E-state index in [-0.39, 0.29) is 24.4 Å². The first-order chi connectivity index (χ1) is 16.9. The summed E-state index contributed by atoms with van der Waals surface area (Å²) < 4.78 is 63.5. The number of aromatic nitrogens is 1. The van der Waals surface area contributed by atoms with Gasteiger partial charge in [0.2, 0.25) is 11.8 Å². The lowest BCUT2D eigenvalue weighted by Gasteiger charge is -2.39. The quantitative estimate of drug-likeness (QED) is 0.551. The summed E-state index contributed by atoms with van der Waals surface area (Å²) in [6, 6.07) is 4.55. The number of fused-ring (bicyclic) bond motifs is 1. The van der Waals surface area contributed by atoms with Gasteiger partial charge in [0.25, 0.3) is 0 Å². The zero-order valence-corrected chi connectivity index (χ0v) is 19.8. The maximum absolute atomic E-state index is 12.3. The number of aliphatic carboxylic acids is 2. The Balaban J connectivity index is 0.000000404. The first kappa shape index (κ1) is 31.6. The van der Waals surface area contributed by atoms with Crippen LogP contribution in [0.2, 0.25) is 0 Å². The molecule has 2 aliphatic heterocycles. The highest BCUT2D eigenvalue weighted by Gasteiger charge is 2.43. The van der Waals surface area contributed by atoms with Gasteiger partial charge >= 0.3 is 24.3 Å². The third-order valence-electron chi connectivity index (χ3n) is 5.40. The van der Waals surface area contributed by atoms with Crippen LogP contribution >= 0.6 is 0 Å². The van der Waals surface area contributed by atoms with Gasteiger partial charge in [-0.25, -0.2) is 9.59 Å². The molecule has 16 heteroatoms. The summed E-state index contributed by atoms with van der Waals surface area (Å²) >= 11 is 0. The lowest BCUT2D eigenvalue weighted by molar-refractivity contribution is -0.193.